The van der Waals surface area contributed by atoms with E-state index < -0.39 is 0 Å². The van der Waals surface area contributed by atoms with Crippen LogP contribution in [0.15, 0.2) is 47.0 Å². The van der Waals surface area contributed by atoms with Gasteiger partial charge >= 0.3 is 0 Å². The maximum atomic E-state index is 12.0. The van der Waals surface area contributed by atoms with Gasteiger partial charge in [0.2, 0.25) is 0 Å². The Morgan fingerprint density at radius 2 is 2.04 bits per heavy atom. The van der Waals surface area contributed by atoms with Crippen molar-refractivity contribution in [2.75, 3.05) is 0 Å². The lowest BCUT2D eigenvalue weighted by Crippen LogP contribution is -2.22. The van der Waals surface area contributed by atoms with Crippen molar-refractivity contribution in [1.82, 2.24) is 15.5 Å². The summed E-state index contributed by atoms with van der Waals surface area (Å²) in [5.41, 5.74) is 0.662. The molecule has 23 heavy (non-hydrogen) atoms. The summed E-state index contributed by atoms with van der Waals surface area (Å²) < 4.78 is 5.32. The standard InChI is InChI=1S/C17H15N3O2S/c21-16(12-4-2-1-3-5-12)18-10-13-8-9-14(23-13)17-19-15(20-22-17)11-6-7-11/h1-5,8-9,11H,6-7,10H2,(H,18,21). The van der Waals surface area contributed by atoms with Gasteiger partial charge in [0.1, 0.15) is 0 Å². The van der Waals surface area contributed by atoms with Crippen LogP contribution in [0.3, 0.4) is 0 Å². The topological polar surface area (TPSA) is 68.0 Å². The predicted octanol–water partition coefficient (Wildman–Crippen LogP) is 3.61. The summed E-state index contributed by atoms with van der Waals surface area (Å²) in [5, 5.41) is 6.95. The smallest absolute Gasteiger partial charge is 0.268 e. The Hall–Kier alpha value is -2.47. The molecule has 2 aromatic heterocycles. The van der Waals surface area contributed by atoms with Crippen LogP contribution in [0, 0.1) is 0 Å². The Labute approximate surface area is 137 Å². The van der Waals surface area contributed by atoms with Crippen LogP contribution in [0.25, 0.3) is 10.8 Å². The quantitative estimate of drug-likeness (QED) is 0.778. The van der Waals surface area contributed by atoms with Crippen LogP contribution in [-0.2, 0) is 6.54 Å². The number of rotatable bonds is 5. The number of aromatic nitrogens is 2. The molecule has 3 aromatic rings. The average Bonchev–Trinajstić information content (AvgIpc) is 3.13. The third-order valence-electron chi connectivity index (χ3n) is 3.72. The van der Waals surface area contributed by atoms with E-state index in [4.69, 9.17) is 4.52 Å². The molecule has 2 heterocycles. The molecule has 0 aliphatic heterocycles. The van der Waals surface area contributed by atoms with Crippen molar-refractivity contribution in [2.45, 2.75) is 25.3 Å². The minimum Gasteiger partial charge on any atom is -0.347 e. The number of hydrogen-bond acceptors (Lipinski definition) is 5. The maximum Gasteiger partial charge on any atom is 0.268 e. The van der Waals surface area contributed by atoms with Gasteiger partial charge in [0.05, 0.1) is 11.4 Å². The molecule has 1 N–H and O–H groups in total. The van der Waals surface area contributed by atoms with Crippen LogP contribution in [0.5, 0.6) is 0 Å². The normalized spacial score (nSPS) is 13.9. The summed E-state index contributed by atoms with van der Waals surface area (Å²) in [6.45, 7) is 0.488. The van der Waals surface area contributed by atoms with Gasteiger partial charge < -0.3 is 9.84 Å². The van der Waals surface area contributed by atoms with Gasteiger partial charge in [-0.15, -0.1) is 11.3 Å². The molecule has 1 aromatic carbocycles. The van der Waals surface area contributed by atoms with Crippen LogP contribution < -0.4 is 5.32 Å². The van der Waals surface area contributed by atoms with Gasteiger partial charge in [0.15, 0.2) is 5.82 Å². The molecule has 1 amide bonds. The molecule has 1 fully saturated rings. The number of nitrogens with one attached hydrogen (secondary N) is 1. The van der Waals surface area contributed by atoms with Crippen LogP contribution in [0.1, 0.15) is 39.8 Å². The van der Waals surface area contributed by atoms with Crippen LogP contribution in [0.4, 0.5) is 0 Å². The third-order valence-corrected chi connectivity index (χ3v) is 4.79. The maximum absolute atomic E-state index is 12.0. The van der Waals surface area contributed by atoms with Crippen molar-refractivity contribution in [2.24, 2.45) is 0 Å². The average molecular weight is 325 g/mol. The number of nitrogens with zero attached hydrogens (tertiary/aromatic N) is 2. The van der Waals surface area contributed by atoms with Crippen molar-refractivity contribution < 1.29 is 9.32 Å². The molecule has 0 bridgehead atoms. The molecular formula is C17H15N3O2S. The summed E-state index contributed by atoms with van der Waals surface area (Å²) in [4.78, 5) is 18.5. The number of carbonyl (C=O) groups excluding carboxylic acids is 1. The molecule has 1 saturated carbocycles. The first kappa shape index (κ1) is 14.1. The third kappa shape index (κ3) is 3.17. The van der Waals surface area contributed by atoms with Gasteiger partial charge in [-0.25, -0.2) is 0 Å². The van der Waals surface area contributed by atoms with E-state index in [1.54, 1.807) is 23.5 Å². The highest BCUT2D eigenvalue weighted by molar-refractivity contribution is 7.15. The summed E-state index contributed by atoms with van der Waals surface area (Å²) in [6, 6.07) is 13.1. The Morgan fingerprint density at radius 3 is 2.83 bits per heavy atom. The monoisotopic (exact) mass is 325 g/mol. The molecule has 0 atom stereocenters. The zero-order valence-electron chi connectivity index (χ0n) is 12.4. The fourth-order valence-electron chi connectivity index (χ4n) is 2.29. The SMILES string of the molecule is O=C(NCc1ccc(-c2nc(C3CC3)no2)s1)c1ccccc1. The molecule has 1 aliphatic rings. The van der Waals surface area contributed by atoms with E-state index >= 15 is 0 Å². The highest BCUT2D eigenvalue weighted by atomic mass is 32.1. The van der Waals surface area contributed by atoms with Gasteiger partial charge in [-0.2, -0.15) is 4.98 Å². The Balaban J connectivity index is 1.40. The van der Waals surface area contributed by atoms with Crippen molar-refractivity contribution in [3.05, 3.63) is 58.7 Å². The first-order valence-electron chi connectivity index (χ1n) is 7.55. The van der Waals surface area contributed by atoms with E-state index in [1.807, 2.05) is 30.3 Å². The number of thiophene rings is 1. The second-order valence-electron chi connectivity index (χ2n) is 5.55. The molecule has 0 unspecified atom stereocenters. The molecule has 6 heteroatoms. The highest BCUT2D eigenvalue weighted by Crippen LogP contribution is 2.39. The van der Waals surface area contributed by atoms with Crippen molar-refractivity contribution in [3.8, 4) is 10.8 Å². The largest absolute Gasteiger partial charge is 0.347 e. The van der Waals surface area contributed by atoms with Crippen LogP contribution in [-0.4, -0.2) is 16.0 Å². The van der Waals surface area contributed by atoms with Gasteiger partial charge in [-0.1, -0.05) is 23.4 Å². The Morgan fingerprint density at radius 1 is 1.22 bits per heavy atom. The molecule has 5 nitrogen and oxygen atoms in total. The molecule has 4 rings (SSSR count). The number of amides is 1. The zero-order chi connectivity index (χ0) is 15.6. The Kier molecular flexibility index (Phi) is 3.67. The van der Waals surface area contributed by atoms with E-state index in [2.05, 4.69) is 15.5 Å². The van der Waals surface area contributed by atoms with Gasteiger partial charge in [-0.05, 0) is 37.1 Å². The summed E-state index contributed by atoms with van der Waals surface area (Å²) in [6.07, 6.45) is 2.31. The minimum absolute atomic E-state index is 0.0747. The lowest BCUT2D eigenvalue weighted by Gasteiger charge is -2.02. The van der Waals surface area contributed by atoms with E-state index in [0.29, 0.717) is 23.9 Å². The molecule has 0 spiro atoms. The fourth-order valence-corrected chi connectivity index (χ4v) is 3.16. The minimum atomic E-state index is -0.0747. The van der Waals surface area contributed by atoms with Gasteiger partial charge in [0.25, 0.3) is 11.8 Å². The second kappa shape index (κ2) is 5.96. The van der Waals surface area contributed by atoms with Crippen LogP contribution >= 0.6 is 11.3 Å². The van der Waals surface area contributed by atoms with Gasteiger partial charge in [-0.3, -0.25) is 4.79 Å². The van der Waals surface area contributed by atoms with Crippen LogP contribution in [0.2, 0.25) is 0 Å². The summed E-state index contributed by atoms with van der Waals surface area (Å²) in [7, 11) is 0. The summed E-state index contributed by atoms with van der Waals surface area (Å²) >= 11 is 1.56. The molecule has 0 radical (unpaired) electrons. The lowest BCUT2D eigenvalue weighted by molar-refractivity contribution is 0.0951. The summed E-state index contributed by atoms with van der Waals surface area (Å²) in [5.74, 6) is 1.79. The van der Waals surface area contributed by atoms with Crippen molar-refractivity contribution in [3.63, 3.8) is 0 Å². The fraction of sp³-hybridized carbons (Fsp3) is 0.235. The first-order chi connectivity index (χ1) is 11.3. The molecule has 0 saturated heterocycles. The lowest BCUT2D eigenvalue weighted by atomic mass is 10.2. The Bertz CT molecular complexity index is 821. The molecule has 116 valence electrons. The molecular weight excluding hydrogens is 310 g/mol. The van der Waals surface area contributed by atoms with Crippen molar-refractivity contribution in [1.29, 1.82) is 0 Å². The van der Waals surface area contributed by atoms with E-state index in [1.165, 1.54) is 0 Å². The van der Waals surface area contributed by atoms with Gasteiger partial charge in [0, 0.05) is 16.4 Å². The number of hydrogen-bond donors (Lipinski definition) is 1. The van der Waals surface area contributed by atoms with E-state index in [9.17, 15) is 4.79 Å². The highest BCUT2D eigenvalue weighted by Gasteiger charge is 2.29. The zero-order valence-corrected chi connectivity index (χ0v) is 13.2. The van der Waals surface area contributed by atoms with E-state index in [-0.39, 0.29) is 5.91 Å². The second-order valence-corrected chi connectivity index (χ2v) is 6.71. The number of benzene rings is 1. The molecule has 1 aliphatic carbocycles. The number of carbonyl (C=O) groups is 1. The first-order valence-corrected chi connectivity index (χ1v) is 8.37. The predicted molar refractivity (Wildman–Crippen MR) is 87.2 cm³/mol. The van der Waals surface area contributed by atoms with Crippen molar-refractivity contribution >= 4 is 17.2 Å². The van der Waals surface area contributed by atoms with E-state index in [0.717, 1.165) is 28.4 Å².